The number of rotatable bonds is 13. The second-order valence-electron chi connectivity index (χ2n) is 7.63. The lowest BCUT2D eigenvalue weighted by molar-refractivity contribution is 0.0991. The van der Waals surface area contributed by atoms with E-state index in [-0.39, 0.29) is 0 Å². The van der Waals surface area contributed by atoms with Gasteiger partial charge in [0.05, 0.1) is 0 Å². The van der Waals surface area contributed by atoms with Crippen LogP contribution in [0.15, 0.2) is 0 Å². The van der Waals surface area contributed by atoms with E-state index in [1.165, 1.54) is 12.5 Å². The van der Waals surface area contributed by atoms with Crippen molar-refractivity contribution in [2.75, 3.05) is 61.9 Å². The molecule has 22 heavy (non-hydrogen) atoms. The summed E-state index contributed by atoms with van der Waals surface area (Å²) >= 11 is 0. The van der Waals surface area contributed by atoms with Crippen molar-refractivity contribution in [2.45, 2.75) is 45.3 Å². The van der Waals surface area contributed by atoms with Crippen LogP contribution in [0.2, 0.25) is 6.04 Å². The van der Waals surface area contributed by atoms with E-state index >= 15 is 0 Å². The summed E-state index contributed by atoms with van der Waals surface area (Å²) in [5.74, 6) is 0. The molecule has 5 heteroatoms. The van der Waals surface area contributed by atoms with Crippen LogP contribution in [0.1, 0.15) is 33.1 Å². The highest BCUT2D eigenvalue weighted by molar-refractivity contribution is 6.27. The van der Waals surface area contributed by atoms with E-state index in [1.54, 1.807) is 0 Å². The molecule has 0 saturated heterocycles. The van der Waals surface area contributed by atoms with Crippen LogP contribution in [0, 0.1) is 5.41 Å². The molecule has 0 amide bonds. The summed E-state index contributed by atoms with van der Waals surface area (Å²) in [5, 5.41) is 0. The summed E-state index contributed by atoms with van der Waals surface area (Å²) in [6.07, 6.45) is 4.08. The maximum absolute atomic E-state index is 6.15. The molecule has 0 atom stereocenters. The Hall–Kier alpha value is 0.0569. The van der Waals surface area contributed by atoms with E-state index in [9.17, 15) is 0 Å². The first-order valence-electron chi connectivity index (χ1n) is 8.80. The lowest BCUT2D eigenvalue weighted by atomic mass is 9.83. The van der Waals surface area contributed by atoms with Crippen LogP contribution in [0.3, 0.4) is 0 Å². The first kappa shape index (κ1) is 22.1. The average Bonchev–Trinajstić information content (AvgIpc) is 2.36. The molecule has 0 heterocycles. The monoisotopic (exact) mass is 331 g/mol. The molecule has 0 aliphatic rings. The van der Waals surface area contributed by atoms with Crippen LogP contribution in [0.5, 0.6) is 0 Å². The van der Waals surface area contributed by atoms with Gasteiger partial charge in [-0.15, -0.1) is 0 Å². The van der Waals surface area contributed by atoms with Gasteiger partial charge in [-0.05, 0) is 67.6 Å². The molecular formula is C17H41N3OSi. The molecule has 134 valence electrons. The zero-order chi connectivity index (χ0) is 17.2. The van der Waals surface area contributed by atoms with Gasteiger partial charge in [0.1, 0.15) is 0 Å². The summed E-state index contributed by atoms with van der Waals surface area (Å²) in [5.41, 5.74) is 0.334. The van der Waals surface area contributed by atoms with E-state index in [0.29, 0.717) is 11.5 Å². The summed E-state index contributed by atoms with van der Waals surface area (Å²) in [6, 6.07) is 1.28. The second-order valence-corrected chi connectivity index (χ2v) is 9.07. The molecule has 0 N–H and O–H groups in total. The van der Waals surface area contributed by atoms with Gasteiger partial charge in [-0.3, -0.25) is 0 Å². The molecule has 0 spiro atoms. The lowest BCUT2D eigenvalue weighted by Gasteiger charge is -2.40. The number of nitrogens with zero attached hydrogens (tertiary/aromatic N) is 3. The third kappa shape index (κ3) is 9.95. The number of hydrogen-bond donors (Lipinski definition) is 0. The average molecular weight is 332 g/mol. The molecule has 0 aliphatic carbocycles. The first-order valence-corrected chi connectivity index (χ1v) is 10.4. The molecule has 0 aromatic rings. The minimum absolute atomic E-state index is 0.334. The molecule has 0 aromatic carbocycles. The zero-order valence-corrected chi connectivity index (χ0v) is 17.9. The fourth-order valence-corrected chi connectivity index (χ4v) is 5.49. The van der Waals surface area contributed by atoms with Crippen molar-refractivity contribution in [3.05, 3.63) is 0 Å². The Morgan fingerprint density at radius 1 is 0.818 bits per heavy atom. The summed E-state index contributed by atoms with van der Waals surface area (Å²) in [7, 11) is 12.8. The van der Waals surface area contributed by atoms with Crippen molar-refractivity contribution in [3.8, 4) is 0 Å². The molecule has 0 aromatic heterocycles. The van der Waals surface area contributed by atoms with Crippen LogP contribution in [-0.2, 0) is 4.43 Å². The van der Waals surface area contributed by atoms with E-state index in [0.717, 1.165) is 32.5 Å². The van der Waals surface area contributed by atoms with Crippen molar-refractivity contribution < 1.29 is 4.43 Å². The molecule has 4 nitrogen and oxygen atoms in total. The largest absolute Gasteiger partial charge is 0.421 e. The van der Waals surface area contributed by atoms with Gasteiger partial charge in [0, 0.05) is 31.2 Å². The SMILES string of the molecule is CCC(CC)O[SiH2]CCC(CN(C)C)(CN(C)C)CN(C)C. The third-order valence-electron chi connectivity index (χ3n) is 4.07. The Morgan fingerprint density at radius 2 is 1.23 bits per heavy atom. The van der Waals surface area contributed by atoms with Crippen molar-refractivity contribution in [1.82, 2.24) is 14.7 Å². The van der Waals surface area contributed by atoms with Crippen molar-refractivity contribution in [3.63, 3.8) is 0 Å². The Balaban J connectivity index is 4.66. The molecule has 0 rings (SSSR count). The van der Waals surface area contributed by atoms with Crippen LogP contribution < -0.4 is 0 Å². The van der Waals surface area contributed by atoms with Crippen LogP contribution in [0.25, 0.3) is 0 Å². The highest BCUT2D eigenvalue weighted by Gasteiger charge is 2.32. The van der Waals surface area contributed by atoms with E-state index in [2.05, 4.69) is 70.8 Å². The fourth-order valence-electron chi connectivity index (χ4n) is 3.62. The maximum atomic E-state index is 6.15. The Kier molecular flexibility index (Phi) is 11.6. The van der Waals surface area contributed by atoms with Crippen LogP contribution in [-0.4, -0.2) is 92.5 Å². The molecule has 0 aliphatic heterocycles. The Labute approximate surface area is 142 Å². The second kappa shape index (κ2) is 11.6. The van der Waals surface area contributed by atoms with Gasteiger partial charge in [0.25, 0.3) is 0 Å². The predicted molar refractivity (Wildman–Crippen MR) is 102 cm³/mol. The van der Waals surface area contributed by atoms with Crippen molar-refractivity contribution >= 4 is 9.76 Å². The van der Waals surface area contributed by atoms with Gasteiger partial charge in [0.2, 0.25) is 0 Å². The Morgan fingerprint density at radius 3 is 1.55 bits per heavy atom. The van der Waals surface area contributed by atoms with Crippen molar-refractivity contribution in [2.24, 2.45) is 5.41 Å². The van der Waals surface area contributed by atoms with Gasteiger partial charge in [-0.25, -0.2) is 0 Å². The fraction of sp³-hybridized carbons (Fsp3) is 1.00. The summed E-state index contributed by atoms with van der Waals surface area (Å²) < 4.78 is 6.15. The number of hydrogen-bond acceptors (Lipinski definition) is 4. The van der Waals surface area contributed by atoms with E-state index in [4.69, 9.17) is 4.43 Å². The van der Waals surface area contributed by atoms with Crippen LogP contribution in [0.4, 0.5) is 0 Å². The normalized spacial score (nSPS) is 13.6. The summed E-state index contributed by atoms with van der Waals surface area (Å²) in [6.45, 7) is 7.89. The molecule has 0 unspecified atom stereocenters. The van der Waals surface area contributed by atoms with Crippen molar-refractivity contribution in [1.29, 1.82) is 0 Å². The van der Waals surface area contributed by atoms with Crippen LogP contribution >= 0.6 is 0 Å². The highest BCUT2D eigenvalue weighted by atomic mass is 28.2. The topological polar surface area (TPSA) is 19.0 Å². The smallest absolute Gasteiger partial charge is 0.161 e. The van der Waals surface area contributed by atoms with E-state index in [1.807, 2.05) is 0 Å². The van der Waals surface area contributed by atoms with Gasteiger partial charge < -0.3 is 19.1 Å². The van der Waals surface area contributed by atoms with Gasteiger partial charge >= 0.3 is 0 Å². The quantitative estimate of drug-likeness (QED) is 0.378. The minimum atomic E-state index is -0.395. The molecule has 0 saturated carbocycles. The molecule has 0 fully saturated rings. The Bertz CT molecular complexity index is 242. The first-order chi connectivity index (χ1) is 10.2. The van der Waals surface area contributed by atoms with Gasteiger partial charge in [0.15, 0.2) is 9.76 Å². The molecule has 0 radical (unpaired) electrons. The predicted octanol–water partition coefficient (Wildman–Crippen LogP) is 1.76. The lowest BCUT2D eigenvalue weighted by Crippen LogP contribution is -2.48. The zero-order valence-electron chi connectivity index (χ0n) is 16.5. The highest BCUT2D eigenvalue weighted by Crippen LogP contribution is 2.27. The van der Waals surface area contributed by atoms with Gasteiger partial charge in [-0.1, -0.05) is 13.8 Å². The van der Waals surface area contributed by atoms with E-state index < -0.39 is 9.76 Å². The molecular weight excluding hydrogens is 290 g/mol. The third-order valence-corrected chi connectivity index (χ3v) is 5.42. The van der Waals surface area contributed by atoms with Gasteiger partial charge in [-0.2, -0.15) is 0 Å². The maximum Gasteiger partial charge on any atom is 0.161 e. The minimum Gasteiger partial charge on any atom is -0.421 e. The molecule has 0 bridgehead atoms. The summed E-state index contributed by atoms with van der Waals surface area (Å²) in [4.78, 5) is 7.03. The standard InChI is InChI=1S/C17H41N3OSi/c1-9-16(10-2)21-22-12-11-17(13-18(3)4,14-19(5)6)15-20(7)8/h16H,9-15,22H2,1-8H3.